The summed E-state index contributed by atoms with van der Waals surface area (Å²) in [5.41, 5.74) is 4.01. The summed E-state index contributed by atoms with van der Waals surface area (Å²) in [5, 5.41) is 19.2. The van der Waals surface area contributed by atoms with E-state index in [9.17, 15) is 15.0 Å². The predicted octanol–water partition coefficient (Wildman–Crippen LogP) is 2.17. The van der Waals surface area contributed by atoms with Crippen molar-refractivity contribution in [3.05, 3.63) is 41.5 Å². The highest BCUT2D eigenvalue weighted by Gasteiger charge is 2.25. The van der Waals surface area contributed by atoms with Gasteiger partial charge in [0, 0.05) is 63.6 Å². The maximum Gasteiger partial charge on any atom is 0.434 e. The van der Waals surface area contributed by atoms with Gasteiger partial charge in [-0.15, -0.1) is 4.73 Å². The second-order valence-corrected chi connectivity index (χ2v) is 7.72. The number of carbonyl (C=O) groups excluding carboxylic acids is 1. The van der Waals surface area contributed by atoms with E-state index in [0.717, 1.165) is 37.5 Å². The Morgan fingerprint density at radius 1 is 0.966 bits per heavy atom. The van der Waals surface area contributed by atoms with Crippen LogP contribution in [0.4, 0.5) is 10.5 Å². The smallest absolute Gasteiger partial charge is 0.434 e. The van der Waals surface area contributed by atoms with E-state index in [4.69, 9.17) is 4.84 Å². The van der Waals surface area contributed by atoms with Crippen LogP contribution in [-0.4, -0.2) is 70.1 Å². The van der Waals surface area contributed by atoms with Crippen LogP contribution in [0.5, 0.6) is 11.8 Å². The Kier molecular flexibility index (Phi) is 5.53. The van der Waals surface area contributed by atoms with Gasteiger partial charge >= 0.3 is 6.09 Å². The van der Waals surface area contributed by atoms with Crippen molar-refractivity contribution in [1.82, 2.24) is 14.5 Å². The van der Waals surface area contributed by atoms with Gasteiger partial charge in [0.1, 0.15) is 0 Å². The Morgan fingerprint density at radius 2 is 1.62 bits per heavy atom. The molecule has 0 unspecified atom stereocenters. The number of piperazine rings is 1. The number of benzene rings is 1. The van der Waals surface area contributed by atoms with Gasteiger partial charge in [-0.2, -0.15) is 0 Å². The first-order valence-corrected chi connectivity index (χ1v) is 10.2. The molecule has 0 spiro atoms. The van der Waals surface area contributed by atoms with Gasteiger partial charge < -0.3 is 24.9 Å². The van der Waals surface area contributed by atoms with Crippen LogP contribution in [0.25, 0.3) is 0 Å². The summed E-state index contributed by atoms with van der Waals surface area (Å²) in [5.74, 6) is -0.634. The van der Waals surface area contributed by atoms with Crippen molar-refractivity contribution in [2.24, 2.45) is 0 Å². The third-order valence-corrected chi connectivity index (χ3v) is 5.86. The minimum absolute atomic E-state index is 0.317. The quantitative estimate of drug-likeness (QED) is 0.819. The molecule has 156 valence electrons. The first-order valence-electron chi connectivity index (χ1n) is 10.2. The zero-order valence-corrected chi connectivity index (χ0v) is 16.8. The number of hydrogen-bond acceptors (Lipinski definition) is 6. The number of amides is 1. The van der Waals surface area contributed by atoms with Crippen LogP contribution in [-0.2, 0) is 6.54 Å². The average Bonchev–Trinajstić information content (AvgIpc) is 3.36. The molecule has 29 heavy (non-hydrogen) atoms. The highest BCUT2D eigenvalue weighted by atomic mass is 16.7. The van der Waals surface area contributed by atoms with E-state index in [1.807, 2.05) is 0 Å². The number of anilines is 1. The van der Waals surface area contributed by atoms with Crippen molar-refractivity contribution in [3.8, 4) is 11.8 Å². The third kappa shape index (κ3) is 4.12. The fourth-order valence-electron chi connectivity index (χ4n) is 4.10. The normalized spacial score (nSPS) is 17.7. The maximum atomic E-state index is 12.3. The summed E-state index contributed by atoms with van der Waals surface area (Å²) >= 11 is 0. The van der Waals surface area contributed by atoms with Gasteiger partial charge in [0.2, 0.25) is 11.8 Å². The van der Waals surface area contributed by atoms with Crippen LogP contribution >= 0.6 is 0 Å². The highest BCUT2D eigenvalue weighted by Crippen LogP contribution is 2.27. The van der Waals surface area contributed by atoms with Crippen LogP contribution in [0.15, 0.2) is 30.3 Å². The number of aromatic nitrogens is 1. The minimum Gasteiger partial charge on any atom is -0.492 e. The maximum absolute atomic E-state index is 12.3. The van der Waals surface area contributed by atoms with E-state index in [2.05, 4.69) is 34.9 Å². The van der Waals surface area contributed by atoms with Crippen molar-refractivity contribution in [3.63, 3.8) is 0 Å². The number of rotatable bonds is 4. The number of carbonyl (C=O) groups is 1. The van der Waals surface area contributed by atoms with Gasteiger partial charge in [0.15, 0.2) is 0 Å². The molecule has 2 saturated heterocycles. The van der Waals surface area contributed by atoms with Gasteiger partial charge in [-0.05, 0) is 37.0 Å². The lowest BCUT2D eigenvalue weighted by Crippen LogP contribution is -2.50. The molecule has 4 rings (SSSR count). The molecule has 3 heterocycles. The van der Waals surface area contributed by atoms with Crippen LogP contribution < -0.4 is 9.74 Å². The van der Waals surface area contributed by atoms with Crippen molar-refractivity contribution in [2.75, 3.05) is 44.2 Å². The molecule has 1 aromatic carbocycles. The third-order valence-electron chi connectivity index (χ3n) is 5.86. The minimum atomic E-state index is -0.585. The lowest BCUT2D eigenvalue weighted by Gasteiger charge is -2.34. The number of aromatic hydroxyl groups is 2. The first kappa shape index (κ1) is 19.4. The van der Waals surface area contributed by atoms with Gasteiger partial charge in [-0.25, -0.2) is 4.79 Å². The van der Waals surface area contributed by atoms with Gasteiger partial charge in [-0.3, -0.25) is 4.90 Å². The van der Waals surface area contributed by atoms with E-state index in [0.29, 0.717) is 13.1 Å². The average molecular weight is 400 g/mol. The molecule has 1 amide bonds. The number of hydrogen-bond donors (Lipinski definition) is 2. The molecule has 0 atom stereocenters. The Labute approximate surface area is 170 Å². The monoisotopic (exact) mass is 400 g/mol. The molecular formula is C21H28N4O4. The molecule has 2 aromatic rings. The Hall–Kier alpha value is -2.87. The lowest BCUT2D eigenvalue weighted by molar-refractivity contribution is 0.0555. The first-order chi connectivity index (χ1) is 14.0. The predicted molar refractivity (Wildman–Crippen MR) is 109 cm³/mol. The van der Waals surface area contributed by atoms with E-state index in [1.54, 1.807) is 4.90 Å². The summed E-state index contributed by atoms with van der Waals surface area (Å²) in [7, 11) is 0. The summed E-state index contributed by atoms with van der Waals surface area (Å²) in [4.78, 5) is 23.8. The van der Waals surface area contributed by atoms with Crippen LogP contribution in [0.1, 0.15) is 24.0 Å². The van der Waals surface area contributed by atoms with Gasteiger partial charge in [-0.1, -0.05) is 12.1 Å². The van der Waals surface area contributed by atoms with Gasteiger partial charge in [0.05, 0.1) is 0 Å². The molecule has 0 aliphatic carbocycles. The summed E-state index contributed by atoms with van der Waals surface area (Å²) in [6.07, 6.45) is 1.94. The van der Waals surface area contributed by atoms with Crippen molar-refractivity contribution in [2.45, 2.75) is 26.3 Å². The molecule has 1 aromatic heterocycles. The number of nitrogens with zero attached hydrogens (tertiary/aromatic N) is 4. The summed E-state index contributed by atoms with van der Waals surface area (Å²) < 4.78 is 0.724. The molecule has 2 N–H and O–H groups in total. The van der Waals surface area contributed by atoms with E-state index < -0.39 is 6.09 Å². The standard InChI is InChI=1S/C21H28N4O4/c1-16-17(5-4-6-18(16)23-9-2-3-10-23)15-22-11-13-24(14-12-22)21(28)29-25-19(26)7-8-20(25)27/h4-8,26-27H,2-3,9-15H2,1H3. The molecule has 0 saturated carbocycles. The lowest BCUT2D eigenvalue weighted by atomic mass is 10.0. The fourth-order valence-corrected chi connectivity index (χ4v) is 4.10. The second-order valence-electron chi connectivity index (χ2n) is 7.72. The largest absolute Gasteiger partial charge is 0.492 e. The van der Waals surface area contributed by atoms with Crippen molar-refractivity contribution in [1.29, 1.82) is 0 Å². The van der Waals surface area contributed by atoms with E-state index >= 15 is 0 Å². The molecule has 0 bridgehead atoms. The van der Waals surface area contributed by atoms with Crippen molar-refractivity contribution < 1.29 is 19.8 Å². The van der Waals surface area contributed by atoms with Crippen LogP contribution in [0.3, 0.4) is 0 Å². The molecular weight excluding hydrogens is 372 g/mol. The second kappa shape index (κ2) is 8.24. The highest BCUT2D eigenvalue weighted by molar-refractivity contribution is 5.68. The zero-order chi connectivity index (χ0) is 20.4. The zero-order valence-electron chi connectivity index (χ0n) is 16.8. The Morgan fingerprint density at radius 3 is 2.28 bits per heavy atom. The molecule has 8 nitrogen and oxygen atoms in total. The van der Waals surface area contributed by atoms with Gasteiger partial charge in [0.25, 0.3) is 0 Å². The summed E-state index contributed by atoms with van der Waals surface area (Å²) in [6.45, 7) is 7.88. The topological polar surface area (TPSA) is 81.4 Å². The SMILES string of the molecule is Cc1c(CN2CCN(C(=O)On3c(O)ccc3O)CC2)cccc1N1CCCC1. The molecule has 8 heteroatoms. The van der Waals surface area contributed by atoms with Crippen LogP contribution in [0.2, 0.25) is 0 Å². The molecule has 2 fully saturated rings. The molecule has 2 aliphatic heterocycles. The Balaban J connectivity index is 1.33. The summed E-state index contributed by atoms with van der Waals surface area (Å²) in [6, 6.07) is 9.06. The van der Waals surface area contributed by atoms with E-state index in [-0.39, 0.29) is 11.8 Å². The fraction of sp³-hybridized carbons (Fsp3) is 0.476. The van der Waals surface area contributed by atoms with Crippen LogP contribution in [0, 0.1) is 6.92 Å². The Bertz CT molecular complexity index is 848. The molecule has 2 aliphatic rings. The van der Waals surface area contributed by atoms with E-state index in [1.165, 1.54) is 41.8 Å². The van der Waals surface area contributed by atoms with Crippen molar-refractivity contribution >= 4 is 11.8 Å². The molecule has 0 radical (unpaired) electrons.